The molecule has 110 valence electrons. The van der Waals surface area contributed by atoms with E-state index in [0.29, 0.717) is 17.1 Å². The van der Waals surface area contributed by atoms with E-state index >= 15 is 0 Å². The Morgan fingerprint density at radius 2 is 2.18 bits per heavy atom. The molecule has 1 aromatic carbocycles. The molecule has 0 saturated carbocycles. The molecule has 0 spiro atoms. The standard InChI is InChI=1S/C14H10N4O4/c15-8-7-14(19)17-16-9-10-5-6-13(22-10)11-3-1-2-4-12(11)18(20)21/h1-6,9H,7H2,(H,17,19). The zero-order valence-electron chi connectivity index (χ0n) is 11.2. The molecule has 1 heterocycles. The fourth-order valence-electron chi connectivity index (χ4n) is 1.69. The Balaban J connectivity index is 2.16. The Kier molecular flexibility index (Phi) is 4.62. The number of hydrogen-bond donors (Lipinski definition) is 1. The molecule has 1 N–H and O–H groups in total. The maximum absolute atomic E-state index is 11.0. The van der Waals surface area contributed by atoms with E-state index in [-0.39, 0.29) is 12.1 Å². The van der Waals surface area contributed by atoms with Gasteiger partial charge in [-0.2, -0.15) is 10.4 Å². The highest BCUT2D eigenvalue weighted by molar-refractivity contribution is 5.82. The number of amides is 1. The van der Waals surface area contributed by atoms with E-state index in [1.54, 1.807) is 36.4 Å². The molecule has 0 radical (unpaired) electrons. The molecule has 0 fully saturated rings. The summed E-state index contributed by atoms with van der Waals surface area (Å²) < 4.78 is 5.43. The van der Waals surface area contributed by atoms with Crippen molar-refractivity contribution in [3.63, 3.8) is 0 Å². The highest BCUT2D eigenvalue weighted by atomic mass is 16.6. The van der Waals surface area contributed by atoms with Gasteiger partial charge >= 0.3 is 0 Å². The van der Waals surface area contributed by atoms with Crippen LogP contribution < -0.4 is 5.43 Å². The lowest BCUT2D eigenvalue weighted by molar-refractivity contribution is -0.384. The van der Waals surface area contributed by atoms with Crippen LogP contribution in [0, 0.1) is 21.4 Å². The van der Waals surface area contributed by atoms with Gasteiger partial charge in [0.25, 0.3) is 11.6 Å². The fourth-order valence-corrected chi connectivity index (χ4v) is 1.69. The van der Waals surface area contributed by atoms with Gasteiger partial charge < -0.3 is 4.42 Å². The van der Waals surface area contributed by atoms with E-state index in [4.69, 9.17) is 9.68 Å². The van der Waals surface area contributed by atoms with Crippen molar-refractivity contribution >= 4 is 17.8 Å². The Labute approximate surface area is 124 Å². The molecular formula is C14H10N4O4. The Morgan fingerprint density at radius 3 is 2.91 bits per heavy atom. The number of nitrogens with zero attached hydrogens (tertiary/aromatic N) is 3. The smallest absolute Gasteiger partial charge is 0.280 e. The second-order valence-electron chi connectivity index (χ2n) is 4.10. The summed E-state index contributed by atoms with van der Waals surface area (Å²) >= 11 is 0. The lowest BCUT2D eigenvalue weighted by Crippen LogP contribution is -2.15. The van der Waals surface area contributed by atoms with Gasteiger partial charge in [-0.05, 0) is 18.2 Å². The van der Waals surface area contributed by atoms with E-state index < -0.39 is 10.8 Å². The van der Waals surface area contributed by atoms with Gasteiger partial charge in [0.1, 0.15) is 17.9 Å². The number of furan rings is 1. The summed E-state index contributed by atoms with van der Waals surface area (Å²) in [5.74, 6) is 0.0896. The molecule has 0 saturated heterocycles. The van der Waals surface area contributed by atoms with Gasteiger partial charge in [0.15, 0.2) is 0 Å². The van der Waals surface area contributed by atoms with Crippen molar-refractivity contribution in [2.45, 2.75) is 6.42 Å². The molecule has 0 aliphatic carbocycles. The highest BCUT2D eigenvalue weighted by Crippen LogP contribution is 2.30. The molecule has 1 aromatic heterocycles. The van der Waals surface area contributed by atoms with Crippen LogP contribution in [0.5, 0.6) is 0 Å². The SMILES string of the molecule is N#CCC(=O)NN=Cc1ccc(-c2ccccc2[N+](=O)[O-])o1. The van der Waals surface area contributed by atoms with Gasteiger partial charge in [0.05, 0.1) is 22.8 Å². The highest BCUT2D eigenvalue weighted by Gasteiger charge is 2.16. The van der Waals surface area contributed by atoms with Crippen molar-refractivity contribution in [3.8, 4) is 17.4 Å². The zero-order chi connectivity index (χ0) is 15.9. The monoisotopic (exact) mass is 298 g/mol. The predicted octanol–water partition coefficient (Wildman–Crippen LogP) is 2.22. The van der Waals surface area contributed by atoms with Gasteiger partial charge in [-0.3, -0.25) is 14.9 Å². The topological polar surface area (TPSA) is 122 Å². The van der Waals surface area contributed by atoms with Crippen molar-refractivity contribution in [3.05, 3.63) is 52.3 Å². The molecule has 0 aliphatic rings. The molecule has 8 nitrogen and oxygen atoms in total. The van der Waals surface area contributed by atoms with Crippen molar-refractivity contribution in [2.75, 3.05) is 0 Å². The van der Waals surface area contributed by atoms with Crippen LogP contribution in [0.1, 0.15) is 12.2 Å². The first-order chi connectivity index (χ1) is 10.6. The number of rotatable bonds is 5. The maximum atomic E-state index is 11.0. The minimum Gasteiger partial charge on any atom is -0.455 e. The molecule has 0 aliphatic heterocycles. The largest absolute Gasteiger partial charge is 0.455 e. The lowest BCUT2D eigenvalue weighted by atomic mass is 10.1. The van der Waals surface area contributed by atoms with Crippen LogP contribution in [0.3, 0.4) is 0 Å². The maximum Gasteiger partial charge on any atom is 0.280 e. The first kappa shape index (κ1) is 14.9. The number of para-hydroxylation sites is 1. The average Bonchev–Trinajstić information content (AvgIpc) is 2.96. The van der Waals surface area contributed by atoms with Crippen LogP contribution >= 0.6 is 0 Å². The van der Waals surface area contributed by atoms with E-state index in [0.717, 1.165) is 0 Å². The molecule has 0 unspecified atom stereocenters. The lowest BCUT2D eigenvalue weighted by Gasteiger charge is -1.98. The van der Waals surface area contributed by atoms with Gasteiger partial charge in [-0.15, -0.1) is 0 Å². The number of hydrogen-bond acceptors (Lipinski definition) is 6. The van der Waals surface area contributed by atoms with Crippen LogP contribution in [0.15, 0.2) is 45.9 Å². The number of nitro benzene ring substituents is 1. The molecule has 0 bridgehead atoms. The predicted molar refractivity (Wildman–Crippen MR) is 76.8 cm³/mol. The molecule has 1 amide bonds. The molecule has 2 aromatic rings. The van der Waals surface area contributed by atoms with Crippen LogP contribution in [-0.2, 0) is 4.79 Å². The summed E-state index contributed by atoms with van der Waals surface area (Å²) in [5, 5.41) is 22.9. The van der Waals surface area contributed by atoms with Crippen molar-refractivity contribution in [1.29, 1.82) is 5.26 Å². The molecule has 8 heteroatoms. The van der Waals surface area contributed by atoms with Crippen molar-refractivity contribution in [2.24, 2.45) is 5.10 Å². The Morgan fingerprint density at radius 1 is 1.41 bits per heavy atom. The van der Waals surface area contributed by atoms with E-state index in [2.05, 4.69) is 10.5 Å². The number of hydrazone groups is 1. The van der Waals surface area contributed by atoms with Crippen LogP contribution in [-0.4, -0.2) is 17.0 Å². The summed E-state index contributed by atoms with van der Waals surface area (Å²) in [6.07, 6.45) is 0.949. The van der Waals surface area contributed by atoms with Crippen LogP contribution in [0.2, 0.25) is 0 Å². The summed E-state index contributed by atoms with van der Waals surface area (Å²) in [6, 6.07) is 11.0. The number of carbonyl (C=O) groups excluding carboxylic acids is 1. The third-order valence-electron chi connectivity index (χ3n) is 2.61. The fraction of sp³-hybridized carbons (Fsp3) is 0.0714. The van der Waals surface area contributed by atoms with Crippen LogP contribution in [0.4, 0.5) is 5.69 Å². The molecule has 22 heavy (non-hydrogen) atoms. The first-order valence-corrected chi connectivity index (χ1v) is 6.14. The second kappa shape index (κ2) is 6.81. The molecular weight excluding hydrogens is 288 g/mol. The summed E-state index contributed by atoms with van der Waals surface area (Å²) in [6.45, 7) is 0. The van der Waals surface area contributed by atoms with E-state index in [1.165, 1.54) is 12.3 Å². The van der Waals surface area contributed by atoms with Gasteiger partial charge in [0, 0.05) is 6.07 Å². The molecule has 2 rings (SSSR count). The second-order valence-corrected chi connectivity index (χ2v) is 4.10. The third kappa shape index (κ3) is 3.55. The summed E-state index contributed by atoms with van der Waals surface area (Å²) in [4.78, 5) is 21.5. The Hall–Kier alpha value is -3.47. The van der Waals surface area contributed by atoms with Crippen LogP contribution in [0.25, 0.3) is 11.3 Å². The van der Waals surface area contributed by atoms with Gasteiger partial charge in [-0.25, -0.2) is 5.43 Å². The quantitative estimate of drug-likeness (QED) is 0.515. The summed E-state index contributed by atoms with van der Waals surface area (Å²) in [7, 11) is 0. The number of carbonyl (C=O) groups is 1. The first-order valence-electron chi connectivity index (χ1n) is 6.14. The average molecular weight is 298 g/mol. The van der Waals surface area contributed by atoms with E-state index in [1.807, 2.05) is 0 Å². The number of nitro groups is 1. The minimum absolute atomic E-state index is 0.0670. The number of benzene rings is 1. The minimum atomic E-state index is -0.538. The number of nitriles is 1. The van der Waals surface area contributed by atoms with Gasteiger partial charge in [0.2, 0.25) is 0 Å². The van der Waals surface area contributed by atoms with Gasteiger partial charge in [-0.1, -0.05) is 12.1 Å². The summed E-state index contributed by atoms with van der Waals surface area (Å²) in [5.41, 5.74) is 2.43. The normalized spacial score (nSPS) is 10.3. The Bertz CT molecular complexity index is 773. The third-order valence-corrected chi connectivity index (χ3v) is 2.61. The van der Waals surface area contributed by atoms with Crippen molar-refractivity contribution < 1.29 is 14.1 Å². The number of nitrogens with one attached hydrogen (secondary N) is 1. The molecule has 0 atom stereocenters. The zero-order valence-corrected chi connectivity index (χ0v) is 11.2. The van der Waals surface area contributed by atoms with E-state index in [9.17, 15) is 14.9 Å². The van der Waals surface area contributed by atoms with Crippen molar-refractivity contribution in [1.82, 2.24) is 5.43 Å².